The van der Waals surface area contributed by atoms with Gasteiger partial charge in [-0.1, -0.05) is 60.7 Å². The van der Waals surface area contributed by atoms with Crippen LogP contribution in [0.4, 0.5) is 0 Å². The van der Waals surface area contributed by atoms with Crippen LogP contribution in [0, 0.1) is 0 Å². The van der Waals surface area contributed by atoms with Crippen LogP contribution in [-0.2, 0) is 24.4 Å². The van der Waals surface area contributed by atoms with Crippen molar-refractivity contribution in [1.82, 2.24) is 5.32 Å². The molecular weight excluding hydrogens is 350 g/mol. The van der Waals surface area contributed by atoms with Gasteiger partial charge in [-0.25, -0.2) is 0 Å². The van der Waals surface area contributed by atoms with Crippen molar-refractivity contribution in [3.63, 3.8) is 0 Å². The van der Waals surface area contributed by atoms with Crippen LogP contribution in [0.25, 0.3) is 0 Å². The van der Waals surface area contributed by atoms with Gasteiger partial charge >= 0.3 is 0 Å². The normalized spacial score (nSPS) is 10.5. The summed E-state index contributed by atoms with van der Waals surface area (Å²) in [5.74, 6) is 0.622. The number of nitrogens with one attached hydrogen (secondary N) is 1. The van der Waals surface area contributed by atoms with E-state index in [1.807, 2.05) is 60.7 Å². The molecule has 0 bridgehead atoms. The van der Waals surface area contributed by atoms with Crippen molar-refractivity contribution in [3.05, 3.63) is 101 Å². The average Bonchev–Trinajstić information content (AvgIpc) is 2.75. The Morgan fingerprint density at radius 2 is 1.54 bits per heavy atom. The van der Waals surface area contributed by atoms with E-state index in [2.05, 4.69) is 17.4 Å². The lowest BCUT2D eigenvalue weighted by molar-refractivity contribution is 0.0951. The SMILES string of the molecule is COc1ccc(C(=O)NCCc2ccccc2)cc1COCc1ccccc1. The smallest absolute Gasteiger partial charge is 0.251 e. The van der Waals surface area contributed by atoms with E-state index in [9.17, 15) is 4.79 Å². The van der Waals surface area contributed by atoms with E-state index < -0.39 is 0 Å². The molecule has 0 saturated carbocycles. The second-order valence-electron chi connectivity index (χ2n) is 6.50. The fourth-order valence-electron chi connectivity index (χ4n) is 2.95. The minimum atomic E-state index is -0.0945. The third-order valence-corrected chi connectivity index (χ3v) is 4.45. The fraction of sp³-hybridized carbons (Fsp3) is 0.208. The molecule has 0 aliphatic carbocycles. The topological polar surface area (TPSA) is 47.6 Å². The number of hydrogen-bond donors (Lipinski definition) is 1. The summed E-state index contributed by atoms with van der Waals surface area (Å²) in [5.41, 5.74) is 3.77. The number of rotatable bonds is 9. The first-order valence-corrected chi connectivity index (χ1v) is 9.37. The molecule has 0 aliphatic rings. The van der Waals surface area contributed by atoms with Crippen molar-refractivity contribution in [2.45, 2.75) is 19.6 Å². The molecule has 144 valence electrons. The van der Waals surface area contributed by atoms with E-state index in [0.717, 1.165) is 17.5 Å². The highest BCUT2D eigenvalue weighted by molar-refractivity contribution is 5.94. The largest absolute Gasteiger partial charge is 0.496 e. The van der Waals surface area contributed by atoms with Gasteiger partial charge in [-0.15, -0.1) is 0 Å². The molecule has 0 atom stereocenters. The molecule has 4 heteroatoms. The van der Waals surface area contributed by atoms with E-state index in [4.69, 9.17) is 9.47 Å². The Hall–Kier alpha value is -3.11. The van der Waals surface area contributed by atoms with Gasteiger partial charge < -0.3 is 14.8 Å². The Labute approximate surface area is 166 Å². The van der Waals surface area contributed by atoms with Crippen LogP contribution in [0.3, 0.4) is 0 Å². The van der Waals surface area contributed by atoms with Gasteiger partial charge in [0.2, 0.25) is 0 Å². The fourth-order valence-corrected chi connectivity index (χ4v) is 2.95. The third-order valence-electron chi connectivity index (χ3n) is 4.45. The third kappa shape index (κ3) is 5.69. The molecule has 0 aliphatic heterocycles. The first-order valence-electron chi connectivity index (χ1n) is 9.37. The molecule has 3 aromatic carbocycles. The number of amides is 1. The van der Waals surface area contributed by atoms with Gasteiger partial charge in [-0.2, -0.15) is 0 Å². The molecule has 0 spiro atoms. The van der Waals surface area contributed by atoms with Gasteiger partial charge in [0, 0.05) is 17.7 Å². The number of carbonyl (C=O) groups excluding carboxylic acids is 1. The summed E-state index contributed by atoms with van der Waals surface area (Å²) in [6.45, 7) is 1.48. The highest BCUT2D eigenvalue weighted by Gasteiger charge is 2.10. The Morgan fingerprint density at radius 1 is 0.857 bits per heavy atom. The Balaban J connectivity index is 1.57. The maximum absolute atomic E-state index is 12.5. The van der Waals surface area contributed by atoms with Crippen LogP contribution in [0.2, 0.25) is 0 Å². The Kier molecular flexibility index (Phi) is 7.21. The quantitative estimate of drug-likeness (QED) is 0.604. The summed E-state index contributed by atoms with van der Waals surface area (Å²) in [6, 6.07) is 25.5. The van der Waals surface area contributed by atoms with E-state index >= 15 is 0 Å². The monoisotopic (exact) mass is 375 g/mol. The molecule has 4 nitrogen and oxygen atoms in total. The molecule has 3 rings (SSSR count). The van der Waals surface area contributed by atoms with Crippen molar-refractivity contribution >= 4 is 5.91 Å². The van der Waals surface area contributed by atoms with E-state index in [0.29, 0.717) is 31.1 Å². The summed E-state index contributed by atoms with van der Waals surface area (Å²) in [5, 5.41) is 2.97. The first kappa shape index (κ1) is 19.6. The average molecular weight is 375 g/mol. The van der Waals surface area contributed by atoms with Crippen molar-refractivity contribution in [2.75, 3.05) is 13.7 Å². The molecule has 0 unspecified atom stereocenters. The molecule has 1 amide bonds. The lowest BCUT2D eigenvalue weighted by Crippen LogP contribution is -2.25. The zero-order chi connectivity index (χ0) is 19.6. The van der Waals surface area contributed by atoms with Crippen molar-refractivity contribution in [1.29, 1.82) is 0 Å². The maximum atomic E-state index is 12.5. The van der Waals surface area contributed by atoms with E-state index in [-0.39, 0.29) is 5.91 Å². The van der Waals surface area contributed by atoms with Gasteiger partial charge in [-0.3, -0.25) is 4.79 Å². The summed E-state index contributed by atoms with van der Waals surface area (Å²) < 4.78 is 11.2. The zero-order valence-corrected chi connectivity index (χ0v) is 16.1. The number of benzene rings is 3. The van der Waals surface area contributed by atoms with Crippen LogP contribution >= 0.6 is 0 Å². The van der Waals surface area contributed by atoms with E-state index in [1.54, 1.807) is 13.2 Å². The second-order valence-corrected chi connectivity index (χ2v) is 6.50. The number of methoxy groups -OCH3 is 1. The highest BCUT2D eigenvalue weighted by Crippen LogP contribution is 2.21. The van der Waals surface area contributed by atoms with Crippen molar-refractivity contribution < 1.29 is 14.3 Å². The predicted octanol–water partition coefficient (Wildman–Crippen LogP) is 4.38. The molecule has 0 heterocycles. The Bertz CT molecular complexity index is 879. The van der Waals surface area contributed by atoms with Crippen molar-refractivity contribution in [2.24, 2.45) is 0 Å². The zero-order valence-electron chi connectivity index (χ0n) is 16.1. The number of ether oxygens (including phenoxy) is 2. The molecule has 0 saturated heterocycles. The maximum Gasteiger partial charge on any atom is 0.251 e. The molecular formula is C24H25NO3. The van der Waals surface area contributed by atoms with Gasteiger partial charge in [0.15, 0.2) is 0 Å². The lowest BCUT2D eigenvalue weighted by Gasteiger charge is -2.12. The highest BCUT2D eigenvalue weighted by atomic mass is 16.5. The summed E-state index contributed by atoms with van der Waals surface area (Å²) >= 11 is 0. The van der Waals surface area contributed by atoms with Crippen LogP contribution in [0.5, 0.6) is 5.75 Å². The number of hydrogen-bond acceptors (Lipinski definition) is 3. The standard InChI is InChI=1S/C24H25NO3/c1-27-23-13-12-21(24(26)25-15-14-19-8-4-2-5-9-19)16-22(23)18-28-17-20-10-6-3-7-11-20/h2-13,16H,14-15,17-18H2,1H3,(H,25,26). The minimum Gasteiger partial charge on any atom is -0.496 e. The van der Waals surface area contributed by atoms with Crippen LogP contribution in [0.15, 0.2) is 78.9 Å². The molecule has 0 fully saturated rings. The molecule has 0 aromatic heterocycles. The van der Waals surface area contributed by atoms with Crippen LogP contribution < -0.4 is 10.1 Å². The van der Waals surface area contributed by atoms with Gasteiger partial charge in [0.1, 0.15) is 5.75 Å². The van der Waals surface area contributed by atoms with Crippen molar-refractivity contribution in [3.8, 4) is 5.75 Å². The number of carbonyl (C=O) groups is 1. The molecule has 0 radical (unpaired) electrons. The molecule has 3 aromatic rings. The summed E-state index contributed by atoms with van der Waals surface area (Å²) in [7, 11) is 1.62. The van der Waals surface area contributed by atoms with Crippen LogP contribution in [0.1, 0.15) is 27.0 Å². The Morgan fingerprint density at radius 3 is 2.21 bits per heavy atom. The van der Waals surface area contributed by atoms with E-state index in [1.165, 1.54) is 5.56 Å². The minimum absolute atomic E-state index is 0.0945. The van der Waals surface area contributed by atoms with Gasteiger partial charge in [0.25, 0.3) is 5.91 Å². The lowest BCUT2D eigenvalue weighted by atomic mass is 10.1. The van der Waals surface area contributed by atoms with Gasteiger partial charge in [-0.05, 0) is 35.7 Å². The second kappa shape index (κ2) is 10.3. The first-order chi connectivity index (χ1) is 13.8. The summed E-state index contributed by atoms with van der Waals surface area (Å²) in [6.07, 6.45) is 0.801. The van der Waals surface area contributed by atoms with Crippen LogP contribution in [-0.4, -0.2) is 19.6 Å². The molecule has 1 N–H and O–H groups in total. The predicted molar refractivity (Wildman–Crippen MR) is 110 cm³/mol. The summed E-state index contributed by atoms with van der Waals surface area (Å²) in [4.78, 5) is 12.5. The molecule has 28 heavy (non-hydrogen) atoms. The van der Waals surface area contributed by atoms with Gasteiger partial charge in [0.05, 0.1) is 20.3 Å².